The van der Waals surface area contributed by atoms with Gasteiger partial charge >= 0.3 is 0 Å². The van der Waals surface area contributed by atoms with Crippen LogP contribution in [0.4, 0.5) is 11.8 Å². The minimum absolute atomic E-state index is 0.0282. The van der Waals surface area contributed by atoms with E-state index in [9.17, 15) is 0 Å². The fourth-order valence-corrected chi connectivity index (χ4v) is 3.34. The highest BCUT2D eigenvalue weighted by molar-refractivity contribution is 5.51. The maximum atomic E-state index is 4.80. The van der Waals surface area contributed by atoms with Crippen molar-refractivity contribution in [3.05, 3.63) is 47.2 Å². The molecule has 0 saturated heterocycles. The predicted molar refractivity (Wildman–Crippen MR) is 101 cm³/mol. The van der Waals surface area contributed by atoms with E-state index < -0.39 is 0 Å². The molecule has 0 bridgehead atoms. The van der Waals surface area contributed by atoms with E-state index in [-0.39, 0.29) is 5.54 Å². The number of rotatable bonds is 4. The van der Waals surface area contributed by atoms with Crippen LogP contribution in [0.5, 0.6) is 0 Å². The van der Waals surface area contributed by atoms with Crippen molar-refractivity contribution in [1.29, 1.82) is 0 Å². The molecule has 1 aliphatic heterocycles. The lowest BCUT2D eigenvalue weighted by Crippen LogP contribution is -2.49. The Bertz CT molecular complexity index is 721. The van der Waals surface area contributed by atoms with Crippen LogP contribution in [0, 0.1) is 0 Å². The van der Waals surface area contributed by atoms with Crippen molar-refractivity contribution in [3.63, 3.8) is 0 Å². The first-order valence-corrected chi connectivity index (χ1v) is 8.88. The van der Waals surface area contributed by atoms with Crippen LogP contribution in [0.15, 0.2) is 30.3 Å². The molecule has 0 amide bonds. The number of hydrogen-bond donors (Lipinski definition) is 1. The third kappa shape index (κ3) is 3.23. The summed E-state index contributed by atoms with van der Waals surface area (Å²) < 4.78 is 0. The third-order valence-electron chi connectivity index (χ3n) is 4.74. The van der Waals surface area contributed by atoms with Crippen molar-refractivity contribution in [1.82, 2.24) is 9.97 Å². The summed E-state index contributed by atoms with van der Waals surface area (Å²) in [6.07, 6.45) is 1.03. The molecule has 2 heterocycles. The number of fused-ring (bicyclic) bond motifs is 1. The van der Waals surface area contributed by atoms with E-state index in [1.807, 2.05) is 0 Å². The molecule has 0 spiro atoms. The van der Waals surface area contributed by atoms with Crippen molar-refractivity contribution in [2.45, 2.75) is 59.0 Å². The molecule has 2 aromatic rings. The molecule has 1 N–H and O–H groups in total. The Hall–Kier alpha value is -2.10. The molecule has 0 radical (unpaired) electrons. The Kier molecular flexibility index (Phi) is 4.48. The molecule has 0 atom stereocenters. The second-order valence-corrected chi connectivity index (χ2v) is 7.50. The summed E-state index contributed by atoms with van der Waals surface area (Å²) in [5.74, 6) is 2.13. The van der Waals surface area contributed by atoms with Gasteiger partial charge in [0.2, 0.25) is 5.95 Å². The monoisotopic (exact) mass is 324 g/mol. The molecule has 0 unspecified atom stereocenters. The van der Waals surface area contributed by atoms with Gasteiger partial charge in [0.05, 0.1) is 5.69 Å². The number of anilines is 2. The van der Waals surface area contributed by atoms with Gasteiger partial charge in [-0.3, -0.25) is 0 Å². The van der Waals surface area contributed by atoms with Crippen molar-refractivity contribution < 1.29 is 0 Å². The normalized spacial score (nSPS) is 16.2. The Morgan fingerprint density at radius 2 is 1.88 bits per heavy atom. The van der Waals surface area contributed by atoms with Crippen LogP contribution in [0.3, 0.4) is 0 Å². The van der Waals surface area contributed by atoms with E-state index in [1.165, 1.54) is 11.1 Å². The highest BCUT2D eigenvalue weighted by atomic mass is 15.3. The largest absolute Gasteiger partial charge is 0.354 e. The van der Waals surface area contributed by atoms with Crippen LogP contribution in [0.1, 0.15) is 57.4 Å². The lowest BCUT2D eigenvalue weighted by molar-refractivity contribution is 0.427. The SMILES string of the molecule is CCNc1nc(C(C)C)cc(N2Cc3ccccc3CC2(C)C)n1. The lowest BCUT2D eigenvalue weighted by Gasteiger charge is -2.44. The van der Waals surface area contributed by atoms with E-state index in [1.54, 1.807) is 0 Å². The fraction of sp³-hybridized carbons (Fsp3) is 0.500. The Morgan fingerprint density at radius 3 is 2.54 bits per heavy atom. The van der Waals surface area contributed by atoms with E-state index >= 15 is 0 Å². The number of hydrogen-bond acceptors (Lipinski definition) is 4. The number of benzene rings is 1. The molecule has 3 rings (SSSR count). The first-order valence-electron chi connectivity index (χ1n) is 8.88. The number of nitrogens with one attached hydrogen (secondary N) is 1. The van der Waals surface area contributed by atoms with Gasteiger partial charge < -0.3 is 10.2 Å². The summed E-state index contributed by atoms with van der Waals surface area (Å²) in [4.78, 5) is 11.9. The fourth-order valence-electron chi connectivity index (χ4n) is 3.34. The molecule has 128 valence electrons. The van der Waals surface area contributed by atoms with Crippen molar-refractivity contribution in [2.75, 3.05) is 16.8 Å². The number of nitrogens with zero attached hydrogens (tertiary/aromatic N) is 3. The first kappa shape index (κ1) is 16.7. The average Bonchev–Trinajstić information content (AvgIpc) is 2.53. The predicted octanol–water partition coefficient (Wildman–Crippen LogP) is 4.37. The molecular formula is C20H28N4. The molecule has 1 aromatic heterocycles. The van der Waals surface area contributed by atoms with Gasteiger partial charge in [-0.05, 0) is 44.2 Å². The summed E-state index contributed by atoms with van der Waals surface area (Å²) in [5, 5.41) is 3.28. The number of aromatic nitrogens is 2. The van der Waals surface area contributed by atoms with Crippen molar-refractivity contribution in [2.24, 2.45) is 0 Å². The van der Waals surface area contributed by atoms with Gasteiger partial charge in [-0.15, -0.1) is 0 Å². The molecule has 4 nitrogen and oxygen atoms in total. The molecule has 0 fully saturated rings. The van der Waals surface area contributed by atoms with Crippen molar-refractivity contribution in [3.8, 4) is 0 Å². The van der Waals surface area contributed by atoms with Gasteiger partial charge in [0, 0.05) is 24.7 Å². The minimum atomic E-state index is 0.0282. The molecule has 1 aromatic carbocycles. The van der Waals surface area contributed by atoms with E-state index in [0.29, 0.717) is 5.92 Å². The molecular weight excluding hydrogens is 296 g/mol. The van der Waals surface area contributed by atoms with Crippen LogP contribution in [-0.4, -0.2) is 22.1 Å². The molecule has 0 saturated carbocycles. The van der Waals surface area contributed by atoms with Gasteiger partial charge in [-0.2, -0.15) is 4.98 Å². The molecule has 1 aliphatic rings. The maximum absolute atomic E-state index is 4.80. The van der Waals surface area contributed by atoms with Crippen LogP contribution in [0.25, 0.3) is 0 Å². The van der Waals surface area contributed by atoms with Gasteiger partial charge in [0.1, 0.15) is 5.82 Å². The second kappa shape index (κ2) is 6.42. The lowest BCUT2D eigenvalue weighted by atomic mass is 9.85. The van der Waals surface area contributed by atoms with E-state index in [2.05, 4.69) is 80.2 Å². The standard InChI is InChI=1S/C20H28N4/c1-6-21-19-22-17(14(2)3)11-18(23-19)24-13-16-10-8-7-9-15(16)12-20(24,4)5/h7-11,14H,6,12-13H2,1-5H3,(H,21,22,23). The zero-order valence-electron chi connectivity index (χ0n) is 15.4. The quantitative estimate of drug-likeness (QED) is 0.906. The van der Waals surface area contributed by atoms with Gasteiger partial charge in [-0.1, -0.05) is 38.1 Å². The summed E-state index contributed by atoms with van der Waals surface area (Å²) in [7, 11) is 0. The van der Waals surface area contributed by atoms with E-state index in [4.69, 9.17) is 4.98 Å². The Morgan fingerprint density at radius 1 is 1.17 bits per heavy atom. The Balaban J connectivity index is 2.04. The molecule has 24 heavy (non-hydrogen) atoms. The minimum Gasteiger partial charge on any atom is -0.354 e. The van der Waals surface area contributed by atoms with Crippen LogP contribution >= 0.6 is 0 Å². The smallest absolute Gasteiger partial charge is 0.224 e. The van der Waals surface area contributed by atoms with Gasteiger partial charge in [0.25, 0.3) is 0 Å². The highest BCUT2D eigenvalue weighted by Gasteiger charge is 2.34. The highest BCUT2D eigenvalue weighted by Crippen LogP contribution is 2.35. The van der Waals surface area contributed by atoms with Gasteiger partial charge in [0.15, 0.2) is 0 Å². The van der Waals surface area contributed by atoms with Gasteiger partial charge in [-0.25, -0.2) is 4.98 Å². The molecule has 4 heteroatoms. The zero-order valence-corrected chi connectivity index (χ0v) is 15.4. The summed E-state index contributed by atoms with van der Waals surface area (Å²) in [6.45, 7) is 12.7. The van der Waals surface area contributed by atoms with Crippen LogP contribution in [0.2, 0.25) is 0 Å². The summed E-state index contributed by atoms with van der Waals surface area (Å²) in [5.41, 5.74) is 3.96. The van der Waals surface area contributed by atoms with Crippen molar-refractivity contribution >= 4 is 11.8 Å². The topological polar surface area (TPSA) is 41.1 Å². The zero-order chi connectivity index (χ0) is 17.3. The maximum Gasteiger partial charge on any atom is 0.224 e. The third-order valence-corrected chi connectivity index (χ3v) is 4.74. The average molecular weight is 324 g/mol. The summed E-state index contributed by atoms with van der Waals surface area (Å²) >= 11 is 0. The van der Waals surface area contributed by atoms with E-state index in [0.717, 1.165) is 37.0 Å². The second-order valence-electron chi connectivity index (χ2n) is 7.50. The Labute approximate surface area is 145 Å². The summed E-state index contributed by atoms with van der Waals surface area (Å²) in [6, 6.07) is 10.9. The van der Waals surface area contributed by atoms with Crippen LogP contribution < -0.4 is 10.2 Å². The van der Waals surface area contributed by atoms with Crippen LogP contribution in [-0.2, 0) is 13.0 Å². The molecule has 0 aliphatic carbocycles. The first-order chi connectivity index (χ1) is 11.4.